The van der Waals surface area contributed by atoms with Gasteiger partial charge in [-0.2, -0.15) is 5.10 Å². The quantitative estimate of drug-likeness (QED) is 0.633. The number of nitrogens with one attached hydrogen (secondary N) is 1. The monoisotopic (exact) mass is 428 g/mol. The highest BCUT2D eigenvalue weighted by molar-refractivity contribution is 6.34. The van der Waals surface area contributed by atoms with Gasteiger partial charge >= 0.3 is 0 Å². The number of carbonyl (C=O) groups excluding carboxylic acids is 2. The van der Waals surface area contributed by atoms with E-state index in [1.54, 1.807) is 35.1 Å². The first-order chi connectivity index (χ1) is 13.8. The number of anilines is 1. The molecule has 1 saturated carbocycles. The molecule has 3 N–H and O–H groups in total. The van der Waals surface area contributed by atoms with Crippen molar-refractivity contribution in [2.24, 2.45) is 11.7 Å². The molecule has 4 rings (SSSR count). The number of aromatic nitrogens is 2. The Morgan fingerprint density at radius 2 is 1.90 bits per heavy atom. The lowest BCUT2D eigenvalue weighted by molar-refractivity contribution is -0.117. The lowest BCUT2D eigenvalue weighted by atomic mass is 10.1. The number of halogens is 2. The number of hydrogen-bond donors (Lipinski definition) is 2. The minimum absolute atomic E-state index is 0.0564. The van der Waals surface area contributed by atoms with Gasteiger partial charge in [0, 0.05) is 27.7 Å². The lowest BCUT2D eigenvalue weighted by Gasteiger charge is -2.13. The maximum atomic E-state index is 12.9. The van der Waals surface area contributed by atoms with Crippen LogP contribution in [0, 0.1) is 12.8 Å². The summed E-state index contributed by atoms with van der Waals surface area (Å²) in [5, 5.41) is 8.31. The standard InChI is InChI=1S/C21H18Cl2N4O2/c1-11-9-25-27(10-11)19-3-2-12(20(24)28)6-18(19)26-21(29)17-8-16(17)13-4-14(22)7-15(23)5-13/h2-7,9-10,16-17H,8H2,1H3,(H2,24,28)(H,26,29)/t16-,17+/m0/s1. The maximum absolute atomic E-state index is 12.9. The van der Waals surface area contributed by atoms with Crippen LogP contribution in [0.2, 0.25) is 10.0 Å². The Kier molecular flexibility index (Phi) is 5.06. The van der Waals surface area contributed by atoms with Gasteiger partial charge in [0.1, 0.15) is 0 Å². The second-order valence-corrected chi connectivity index (χ2v) is 8.07. The number of amides is 2. The fourth-order valence-electron chi connectivity index (χ4n) is 3.40. The van der Waals surface area contributed by atoms with Gasteiger partial charge in [-0.1, -0.05) is 23.2 Å². The van der Waals surface area contributed by atoms with Crippen LogP contribution in [0.4, 0.5) is 5.69 Å². The normalized spacial score (nSPS) is 17.8. The molecule has 1 heterocycles. The van der Waals surface area contributed by atoms with Gasteiger partial charge < -0.3 is 11.1 Å². The summed E-state index contributed by atoms with van der Waals surface area (Å²) in [5.41, 5.74) is 8.76. The Morgan fingerprint density at radius 3 is 2.52 bits per heavy atom. The van der Waals surface area contributed by atoms with E-state index in [1.807, 2.05) is 25.3 Å². The van der Waals surface area contributed by atoms with Crippen LogP contribution in [0.15, 0.2) is 48.8 Å². The molecular weight excluding hydrogens is 411 g/mol. The fourth-order valence-corrected chi connectivity index (χ4v) is 3.94. The van der Waals surface area contributed by atoms with Gasteiger partial charge in [0.15, 0.2) is 0 Å². The first kappa shape index (κ1) is 19.5. The molecule has 3 aromatic rings. The van der Waals surface area contributed by atoms with E-state index in [-0.39, 0.29) is 17.7 Å². The molecule has 0 radical (unpaired) electrons. The van der Waals surface area contributed by atoms with Gasteiger partial charge in [-0.25, -0.2) is 4.68 Å². The van der Waals surface area contributed by atoms with Gasteiger partial charge in [0.25, 0.3) is 0 Å². The molecule has 6 nitrogen and oxygen atoms in total. The van der Waals surface area contributed by atoms with E-state index in [0.717, 1.165) is 11.1 Å². The summed E-state index contributed by atoms with van der Waals surface area (Å²) in [6.45, 7) is 1.92. The molecule has 0 bridgehead atoms. The van der Waals surface area contributed by atoms with Gasteiger partial charge in [0.05, 0.1) is 17.6 Å². The average molecular weight is 429 g/mol. The lowest BCUT2D eigenvalue weighted by Crippen LogP contribution is -2.18. The van der Waals surface area contributed by atoms with E-state index in [9.17, 15) is 9.59 Å². The third-order valence-corrected chi connectivity index (χ3v) is 5.37. The third-order valence-electron chi connectivity index (χ3n) is 4.94. The van der Waals surface area contributed by atoms with Crippen LogP contribution in [-0.4, -0.2) is 21.6 Å². The molecule has 2 amide bonds. The zero-order valence-electron chi connectivity index (χ0n) is 15.5. The smallest absolute Gasteiger partial charge is 0.248 e. The molecule has 1 aromatic heterocycles. The number of primary amides is 1. The molecule has 1 fully saturated rings. The van der Waals surface area contributed by atoms with E-state index in [0.29, 0.717) is 33.4 Å². The predicted octanol–water partition coefficient (Wildman–Crippen LogP) is 4.33. The summed E-state index contributed by atoms with van der Waals surface area (Å²) in [7, 11) is 0. The molecule has 8 heteroatoms. The van der Waals surface area contributed by atoms with Crippen molar-refractivity contribution in [3.8, 4) is 5.69 Å². The van der Waals surface area contributed by atoms with Crippen LogP contribution in [-0.2, 0) is 4.79 Å². The van der Waals surface area contributed by atoms with E-state index in [2.05, 4.69) is 10.4 Å². The first-order valence-corrected chi connectivity index (χ1v) is 9.80. The Balaban J connectivity index is 1.59. The zero-order chi connectivity index (χ0) is 20.7. The summed E-state index contributed by atoms with van der Waals surface area (Å²) in [4.78, 5) is 24.5. The van der Waals surface area contributed by atoms with Crippen molar-refractivity contribution in [3.63, 3.8) is 0 Å². The first-order valence-electron chi connectivity index (χ1n) is 9.04. The molecule has 0 spiro atoms. The number of nitrogens with two attached hydrogens (primary N) is 1. The van der Waals surface area contributed by atoms with Crippen LogP contribution >= 0.6 is 23.2 Å². The summed E-state index contributed by atoms with van der Waals surface area (Å²) in [6.07, 6.45) is 4.25. The molecule has 148 valence electrons. The van der Waals surface area contributed by atoms with Crippen LogP contribution in [0.1, 0.15) is 33.8 Å². The molecule has 29 heavy (non-hydrogen) atoms. The Bertz CT molecular complexity index is 1110. The molecule has 2 atom stereocenters. The van der Waals surface area contributed by atoms with Crippen molar-refractivity contribution < 1.29 is 9.59 Å². The number of aryl methyl sites for hydroxylation is 1. The maximum Gasteiger partial charge on any atom is 0.248 e. The van der Waals surface area contributed by atoms with E-state index in [1.165, 1.54) is 0 Å². The Morgan fingerprint density at radius 1 is 1.17 bits per heavy atom. The highest BCUT2D eigenvalue weighted by Gasteiger charge is 2.44. The highest BCUT2D eigenvalue weighted by Crippen LogP contribution is 2.49. The summed E-state index contributed by atoms with van der Waals surface area (Å²) in [5.74, 6) is -0.852. The van der Waals surface area contributed by atoms with Crippen molar-refractivity contribution in [1.29, 1.82) is 0 Å². The van der Waals surface area contributed by atoms with Gasteiger partial charge in [0.2, 0.25) is 11.8 Å². The van der Waals surface area contributed by atoms with Crippen LogP contribution < -0.4 is 11.1 Å². The molecule has 0 aliphatic heterocycles. The minimum atomic E-state index is -0.568. The number of benzene rings is 2. The fraction of sp³-hybridized carbons (Fsp3) is 0.190. The van der Waals surface area contributed by atoms with Gasteiger partial charge in [-0.3, -0.25) is 9.59 Å². The molecule has 1 aliphatic carbocycles. The number of nitrogens with zero attached hydrogens (tertiary/aromatic N) is 2. The van der Waals surface area contributed by atoms with Crippen molar-refractivity contribution in [2.45, 2.75) is 19.3 Å². The zero-order valence-corrected chi connectivity index (χ0v) is 17.0. The van der Waals surface area contributed by atoms with E-state index < -0.39 is 5.91 Å². The number of rotatable bonds is 5. The van der Waals surface area contributed by atoms with Crippen LogP contribution in [0.25, 0.3) is 5.69 Å². The molecular formula is C21H18Cl2N4O2. The van der Waals surface area contributed by atoms with E-state index >= 15 is 0 Å². The molecule has 0 unspecified atom stereocenters. The van der Waals surface area contributed by atoms with Crippen molar-refractivity contribution in [2.75, 3.05) is 5.32 Å². The molecule has 0 saturated heterocycles. The highest BCUT2D eigenvalue weighted by atomic mass is 35.5. The van der Waals surface area contributed by atoms with Gasteiger partial charge in [-0.15, -0.1) is 0 Å². The summed E-state index contributed by atoms with van der Waals surface area (Å²) >= 11 is 12.2. The minimum Gasteiger partial charge on any atom is -0.366 e. The third kappa shape index (κ3) is 4.13. The number of hydrogen-bond acceptors (Lipinski definition) is 3. The van der Waals surface area contributed by atoms with Crippen LogP contribution in [0.3, 0.4) is 0 Å². The van der Waals surface area contributed by atoms with Crippen molar-refractivity contribution in [1.82, 2.24) is 9.78 Å². The second kappa shape index (κ2) is 7.54. The Hall–Kier alpha value is -2.83. The van der Waals surface area contributed by atoms with Crippen molar-refractivity contribution >= 4 is 40.7 Å². The summed E-state index contributed by atoms with van der Waals surface area (Å²) in [6, 6.07) is 10.2. The molecule has 2 aromatic carbocycles. The molecule has 1 aliphatic rings. The average Bonchev–Trinajstić information content (AvgIpc) is 3.35. The SMILES string of the molecule is Cc1cnn(-c2ccc(C(N)=O)cc2NC(=O)[C@@H]2C[C@H]2c2cc(Cl)cc(Cl)c2)c1. The topological polar surface area (TPSA) is 90.0 Å². The van der Waals surface area contributed by atoms with E-state index in [4.69, 9.17) is 28.9 Å². The largest absolute Gasteiger partial charge is 0.366 e. The summed E-state index contributed by atoms with van der Waals surface area (Å²) < 4.78 is 1.65. The predicted molar refractivity (Wildman–Crippen MR) is 113 cm³/mol. The second-order valence-electron chi connectivity index (χ2n) is 7.20. The van der Waals surface area contributed by atoms with Crippen molar-refractivity contribution in [3.05, 3.63) is 75.5 Å². The number of carbonyl (C=O) groups is 2. The Labute approximate surface area is 177 Å². The van der Waals surface area contributed by atoms with Gasteiger partial charge in [-0.05, 0) is 66.8 Å². The van der Waals surface area contributed by atoms with Crippen LogP contribution in [0.5, 0.6) is 0 Å².